The van der Waals surface area contributed by atoms with Gasteiger partial charge in [0.05, 0.1) is 22.0 Å². The van der Waals surface area contributed by atoms with Crippen molar-refractivity contribution < 1.29 is 21.6 Å². The maximum absolute atomic E-state index is 12.6. The maximum Gasteiger partial charge on any atom is 0.263 e. The number of anilines is 2. The van der Waals surface area contributed by atoms with E-state index < -0.39 is 20.0 Å². The van der Waals surface area contributed by atoms with Crippen molar-refractivity contribution in [1.82, 2.24) is 4.72 Å². The minimum absolute atomic E-state index is 0.00630. The lowest BCUT2D eigenvalue weighted by atomic mass is 10.2. The van der Waals surface area contributed by atoms with Gasteiger partial charge in [0.2, 0.25) is 5.91 Å². The lowest BCUT2D eigenvalue weighted by molar-refractivity contribution is -0.116. The molecule has 1 amide bonds. The van der Waals surface area contributed by atoms with Gasteiger partial charge in [0, 0.05) is 17.7 Å². The predicted molar refractivity (Wildman–Crippen MR) is 130 cm³/mol. The molecule has 1 aliphatic rings. The fourth-order valence-corrected chi connectivity index (χ4v) is 5.75. The van der Waals surface area contributed by atoms with Gasteiger partial charge < -0.3 is 5.32 Å². The smallest absolute Gasteiger partial charge is 0.263 e. The van der Waals surface area contributed by atoms with E-state index in [9.17, 15) is 21.6 Å². The molecule has 0 saturated heterocycles. The van der Waals surface area contributed by atoms with Gasteiger partial charge in [0.25, 0.3) is 20.0 Å². The van der Waals surface area contributed by atoms with E-state index in [-0.39, 0.29) is 34.5 Å². The zero-order chi connectivity index (χ0) is 24.3. The number of hydrogen-bond donors (Lipinski definition) is 3. The lowest BCUT2D eigenvalue weighted by Gasteiger charge is -2.13. The largest absolute Gasteiger partial charge is 0.326 e. The molecule has 11 heteroatoms. The van der Waals surface area contributed by atoms with Gasteiger partial charge in [-0.05, 0) is 48.9 Å². The summed E-state index contributed by atoms with van der Waals surface area (Å²) in [6, 6.07) is 19.4. The third kappa shape index (κ3) is 5.10. The van der Waals surface area contributed by atoms with Crippen LogP contribution in [0.3, 0.4) is 0 Å². The van der Waals surface area contributed by atoms with Crippen molar-refractivity contribution in [3.05, 3.63) is 83.9 Å². The molecule has 1 heterocycles. The molecule has 176 valence electrons. The zero-order valence-corrected chi connectivity index (χ0v) is 19.8. The number of amidine groups is 1. The lowest BCUT2D eigenvalue weighted by Crippen LogP contribution is -2.23. The molecule has 4 rings (SSSR count). The summed E-state index contributed by atoms with van der Waals surface area (Å²) >= 11 is 0. The molecule has 0 fully saturated rings. The van der Waals surface area contributed by atoms with Crippen LogP contribution < -0.4 is 14.8 Å². The monoisotopic (exact) mass is 498 g/mol. The number of rotatable bonds is 7. The van der Waals surface area contributed by atoms with Crippen LogP contribution in [0.15, 0.2) is 87.6 Å². The van der Waals surface area contributed by atoms with Crippen molar-refractivity contribution in [3.8, 4) is 0 Å². The average Bonchev–Trinajstić information content (AvgIpc) is 3.07. The van der Waals surface area contributed by atoms with Crippen LogP contribution in [-0.2, 0) is 24.8 Å². The second-order valence-corrected chi connectivity index (χ2v) is 10.9. The second-order valence-electron chi connectivity index (χ2n) is 7.58. The van der Waals surface area contributed by atoms with Crippen LogP contribution in [0, 0.1) is 6.92 Å². The van der Waals surface area contributed by atoms with Gasteiger partial charge in [0.15, 0.2) is 0 Å². The first-order chi connectivity index (χ1) is 16.2. The Bertz CT molecular complexity index is 1480. The van der Waals surface area contributed by atoms with Crippen molar-refractivity contribution in [1.29, 1.82) is 0 Å². The van der Waals surface area contributed by atoms with Crippen molar-refractivity contribution in [2.75, 3.05) is 16.6 Å². The number of carbonyl (C=O) groups excluding carboxylic acids is 1. The summed E-state index contributed by atoms with van der Waals surface area (Å²) in [5, 5.41) is 2.71. The van der Waals surface area contributed by atoms with Crippen LogP contribution in [0.2, 0.25) is 0 Å². The average molecular weight is 499 g/mol. The molecule has 3 N–H and O–H groups in total. The predicted octanol–water partition coefficient (Wildman–Crippen LogP) is 2.86. The molecule has 0 unspecified atom stereocenters. The number of nitrogens with one attached hydrogen (secondary N) is 3. The maximum atomic E-state index is 12.6. The standard InChI is InChI=1S/C23H22N4O5S2/c1-16-11-12-17(15-20(16)26-33(29,30)18-7-3-2-4-8-18)25-22(28)13-14-24-23-19-9-5-6-10-21(19)34(31,32)27-23/h2-12,15,26H,13-14H2,1H3,(H,24,27)(H,25,28). The molecule has 3 aromatic rings. The Morgan fingerprint density at radius 2 is 1.71 bits per heavy atom. The molecule has 0 bridgehead atoms. The highest BCUT2D eigenvalue weighted by Crippen LogP contribution is 2.24. The van der Waals surface area contributed by atoms with Crippen LogP contribution in [-0.4, -0.2) is 35.1 Å². The van der Waals surface area contributed by atoms with Crippen LogP contribution in [0.1, 0.15) is 17.5 Å². The summed E-state index contributed by atoms with van der Waals surface area (Å²) in [5.41, 5.74) is 1.92. The van der Waals surface area contributed by atoms with Crippen molar-refractivity contribution >= 4 is 43.2 Å². The Balaban J connectivity index is 1.41. The molecule has 34 heavy (non-hydrogen) atoms. The number of aryl methyl sites for hydroxylation is 1. The number of fused-ring (bicyclic) bond motifs is 1. The molecule has 3 aromatic carbocycles. The van der Waals surface area contributed by atoms with E-state index in [1.807, 2.05) is 0 Å². The SMILES string of the molecule is Cc1ccc(NC(=O)CCN=C2NS(=O)(=O)c3ccccc32)cc1NS(=O)(=O)c1ccccc1. The molecular formula is C23H22N4O5S2. The number of hydrogen-bond acceptors (Lipinski definition) is 6. The van der Waals surface area contributed by atoms with E-state index in [2.05, 4.69) is 19.8 Å². The summed E-state index contributed by atoms with van der Waals surface area (Å²) in [6.45, 7) is 1.82. The molecule has 0 radical (unpaired) electrons. The highest BCUT2D eigenvalue weighted by molar-refractivity contribution is 7.92. The van der Waals surface area contributed by atoms with Crippen LogP contribution in [0.4, 0.5) is 11.4 Å². The second kappa shape index (κ2) is 9.27. The minimum atomic E-state index is -3.78. The van der Waals surface area contributed by atoms with Crippen LogP contribution in [0.5, 0.6) is 0 Å². The Kier molecular flexibility index (Phi) is 6.40. The highest BCUT2D eigenvalue weighted by Gasteiger charge is 2.29. The number of benzene rings is 3. The molecule has 0 saturated carbocycles. The third-order valence-corrected chi connectivity index (χ3v) is 7.87. The van der Waals surface area contributed by atoms with Gasteiger partial charge >= 0.3 is 0 Å². The van der Waals surface area contributed by atoms with Crippen LogP contribution in [0.25, 0.3) is 0 Å². The molecule has 0 aliphatic carbocycles. The number of carbonyl (C=O) groups is 1. The number of aliphatic imine (C=N–C) groups is 1. The van der Waals surface area contributed by atoms with E-state index in [0.717, 1.165) is 0 Å². The number of nitrogens with zero attached hydrogens (tertiary/aromatic N) is 1. The molecule has 9 nitrogen and oxygen atoms in total. The summed E-state index contributed by atoms with van der Waals surface area (Å²) in [7, 11) is -7.41. The molecule has 0 aromatic heterocycles. The van der Waals surface area contributed by atoms with Gasteiger partial charge in [-0.3, -0.25) is 19.2 Å². The molecule has 0 atom stereocenters. The Morgan fingerprint density at radius 3 is 2.47 bits per heavy atom. The van der Waals surface area contributed by atoms with E-state index in [0.29, 0.717) is 22.5 Å². The number of amides is 1. The van der Waals surface area contributed by atoms with Crippen LogP contribution >= 0.6 is 0 Å². The topological polar surface area (TPSA) is 134 Å². The molecular weight excluding hydrogens is 476 g/mol. The molecule has 1 aliphatic heterocycles. The quantitative estimate of drug-likeness (QED) is 0.461. The van der Waals surface area contributed by atoms with Crippen molar-refractivity contribution in [3.63, 3.8) is 0 Å². The Labute approximate surface area is 198 Å². The summed E-state index contributed by atoms with van der Waals surface area (Å²) in [4.78, 5) is 16.9. The first-order valence-electron chi connectivity index (χ1n) is 10.3. The van der Waals surface area contributed by atoms with Crippen molar-refractivity contribution in [2.24, 2.45) is 4.99 Å². The summed E-state index contributed by atoms with van der Waals surface area (Å²) in [6.07, 6.45) is 0.00630. The summed E-state index contributed by atoms with van der Waals surface area (Å²) in [5.74, 6) is -0.143. The first kappa shape index (κ1) is 23.5. The van der Waals surface area contributed by atoms with E-state index in [4.69, 9.17) is 0 Å². The zero-order valence-electron chi connectivity index (χ0n) is 18.1. The first-order valence-corrected chi connectivity index (χ1v) is 13.3. The van der Waals surface area contributed by atoms with Gasteiger partial charge in [-0.25, -0.2) is 16.8 Å². The fourth-order valence-electron chi connectivity index (χ4n) is 3.36. The highest BCUT2D eigenvalue weighted by atomic mass is 32.2. The Hall–Kier alpha value is -3.70. The molecule has 0 spiro atoms. The van der Waals surface area contributed by atoms with Gasteiger partial charge in [-0.2, -0.15) is 0 Å². The van der Waals surface area contributed by atoms with Crippen molar-refractivity contribution in [2.45, 2.75) is 23.1 Å². The van der Waals surface area contributed by atoms with Gasteiger partial charge in [-0.15, -0.1) is 0 Å². The van der Waals surface area contributed by atoms with Gasteiger partial charge in [-0.1, -0.05) is 36.4 Å². The normalized spacial score (nSPS) is 15.4. The van der Waals surface area contributed by atoms with E-state index in [1.165, 1.54) is 18.2 Å². The Morgan fingerprint density at radius 1 is 1.00 bits per heavy atom. The number of sulfonamides is 2. The fraction of sp³-hybridized carbons (Fsp3) is 0.130. The minimum Gasteiger partial charge on any atom is -0.326 e. The van der Waals surface area contributed by atoms with E-state index in [1.54, 1.807) is 61.5 Å². The summed E-state index contributed by atoms with van der Waals surface area (Å²) < 4.78 is 54.5. The van der Waals surface area contributed by atoms with Gasteiger partial charge in [0.1, 0.15) is 5.84 Å². The van der Waals surface area contributed by atoms with E-state index >= 15 is 0 Å². The third-order valence-electron chi connectivity index (χ3n) is 5.09.